The molecule has 0 aliphatic carbocycles. The van der Waals surface area contributed by atoms with Gasteiger partial charge in [0.2, 0.25) is 11.8 Å². The first kappa shape index (κ1) is 23.5. The quantitative estimate of drug-likeness (QED) is 0.342. The van der Waals surface area contributed by atoms with E-state index in [9.17, 15) is 14.0 Å². The van der Waals surface area contributed by atoms with Gasteiger partial charge in [-0.05, 0) is 66.7 Å². The van der Waals surface area contributed by atoms with Gasteiger partial charge in [0.15, 0.2) is 11.5 Å². The summed E-state index contributed by atoms with van der Waals surface area (Å²) >= 11 is 0. The van der Waals surface area contributed by atoms with E-state index in [1.807, 2.05) is 6.07 Å². The average Bonchev–Trinajstić information content (AvgIpc) is 2.86. The maximum atomic E-state index is 13.0. The Bertz CT molecular complexity index is 1360. The van der Waals surface area contributed by atoms with Crippen LogP contribution in [0, 0.1) is 5.82 Å². The molecule has 9 heteroatoms. The third-order valence-electron chi connectivity index (χ3n) is 5.03. The second-order valence-electron chi connectivity index (χ2n) is 7.41. The first-order valence-corrected chi connectivity index (χ1v) is 10.6. The van der Waals surface area contributed by atoms with Crippen molar-refractivity contribution in [1.29, 1.82) is 0 Å². The monoisotopic (exact) mass is 475 g/mol. The largest absolute Gasteiger partial charge is 0.493 e. The highest BCUT2D eigenvalue weighted by atomic mass is 19.1. The van der Waals surface area contributed by atoms with Crippen molar-refractivity contribution in [2.45, 2.75) is 6.42 Å². The van der Waals surface area contributed by atoms with Crippen LogP contribution in [0.2, 0.25) is 0 Å². The van der Waals surface area contributed by atoms with E-state index in [1.165, 1.54) is 24.3 Å². The lowest BCUT2D eigenvalue weighted by Crippen LogP contribution is -2.21. The van der Waals surface area contributed by atoms with Crippen LogP contribution in [0.4, 0.5) is 15.8 Å². The van der Waals surface area contributed by atoms with Crippen molar-refractivity contribution < 1.29 is 28.2 Å². The number of amides is 2. The van der Waals surface area contributed by atoms with Crippen molar-refractivity contribution in [3.63, 3.8) is 0 Å². The number of fused-ring (bicyclic) bond motifs is 1. The number of benzene rings is 3. The second kappa shape index (κ2) is 10.5. The third kappa shape index (κ3) is 5.64. The number of aromatic nitrogens is 1. The fourth-order valence-corrected chi connectivity index (χ4v) is 3.42. The van der Waals surface area contributed by atoms with Gasteiger partial charge in [-0.3, -0.25) is 14.6 Å². The number of rotatable bonds is 8. The molecular formula is C26H22FN3O5. The summed E-state index contributed by atoms with van der Waals surface area (Å²) in [5, 5.41) is 5.95. The van der Waals surface area contributed by atoms with E-state index in [1.54, 1.807) is 56.8 Å². The number of hydrogen-bond donors (Lipinski definition) is 2. The van der Waals surface area contributed by atoms with Crippen LogP contribution >= 0.6 is 0 Å². The molecule has 178 valence electrons. The number of hydrogen-bond acceptors (Lipinski definition) is 6. The highest BCUT2D eigenvalue weighted by Gasteiger charge is 2.14. The lowest BCUT2D eigenvalue weighted by atomic mass is 10.1. The number of methoxy groups -OCH3 is 2. The minimum atomic E-state index is -0.509. The zero-order valence-electron chi connectivity index (χ0n) is 19.0. The molecule has 0 saturated heterocycles. The highest BCUT2D eigenvalue weighted by Crippen LogP contribution is 2.38. The van der Waals surface area contributed by atoms with Crippen LogP contribution in [0.5, 0.6) is 23.0 Å². The van der Waals surface area contributed by atoms with Gasteiger partial charge in [-0.15, -0.1) is 0 Å². The topological polar surface area (TPSA) is 98.8 Å². The Kier molecular flexibility index (Phi) is 7.06. The van der Waals surface area contributed by atoms with Crippen LogP contribution < -0.4 is 24.8 Å². The summed E-state index contributed by atoms with van der Waals surface area (Å²) < 4.78 is 29.8. The van der Waals surface area contributed by atoms with Crippen LogP contribution in [-0.2, 0) is 9.59 Å². The van der Waals surface area contributed by atoms with Gasteiger partial charge in [0.25, 0.3) is 0 Å². The van der Waals surface area contributed by atoms with Crippen LogP contribution in [0.3, 0.4) is 0 Å². The fourth-order valence-electron chi connectivity index (χ4n) is 3.42. The molecule has 8 nitrogen and oxygen atoms in total. The van der Waals surface area contributed by atoms with Gasteiger partial charge < -0.3 is 24.8 Å². The van der Waals surface area contributed by atoms with Gasteiger partial charge in [-0.1, -0.05) is 0 Å². The van der Waals surface area contributed by atoms with E-state index >= 15 is 0 Å². The summed E-state index contributed by atoms with van der Waals surface area (Å²) in [6.45, 7) is 0. The summed E-state index contributed by atoms with van der Waals surface area (Å²) in [7, 11) is 3.11. The maximum Gasteiger partial charge on any atom is 0.233 e. The molecule has 4 rings (SSSR count). The number of carbonyl (C=O) groups excluding carboxylic acids is 2. The summed E-state index contributed by atoms with van der Waals surface area (Å²) in [4.78, 5) is 28.6. The smallest absolute Gasteiger partial charge is 0.233 e. The number of pyridine rings is 1. The molecule has 0 aliphatic rings. The molecule has 3 aromatic carbocycles. The Morgan fingerprint density at radius 2 is 1.43 bits per heavy atom. The molecule has 2 N–H and O–H groups in total. The number of nitrogens with one attached hydrogen (secondary N) is 2. The normalized spacial score (nSPS) is 10.5. The van der Waals surface area contributed by atoms with Crippen LogP contribution in [-0.4, -0.2) is 31.0 Å². The zero-order chi connectivity index (χ0) is 24.8. The van der Waals surface area contributed by atoms with E-state index < -0.39 is 17.6 Å². The molecule has 0 aliphatic heterocycles. The van der Waals surface area contributed by atoms with E-state index in [4.69, 9.17) is 14.2 Å². The first-order valence-electron chi connectivity index (χ1n) is 10.6. The standard InChI is InChI=1S/C26H22FN3O5/c1-33-22-12-11-20-21(13-14-28-25(20)26(22)34-2)35-19-9-7-18(8-10-19)30-24(32)15-23(31)29-17-5-3-16(27)4-6-17/h3-14H,15H2,1-2H3,(H,29,31)(H,30,32). The molecule has 1 aromatic heterocycles. The maximum absolute atomic E-state index is 13.0. The number of nitrogens with zero attached hydrogens (tertiary/aromatic N) is 1. The predicted molar refractivity (Wildman–Crippen MR) is 130 cm³/mol. The summed E-state index contributed by atoms with van der Waals surface area (Å²) in [5.74, 6) is 0.785. The Morgan fingerprint density at radius 3 is 2.03 bits per heavy atom. The SMILES string of the molecule is COc1ccc2c(Oc3ccc(NC(=O)CC(=O)Nc4ccc(F)cc4)cc3)ccnc2c1OC. The van der Waals surface area contributed by atoms with E-state index in [0.29, 0.717) is 39.9 Å². The molecule has 35 heavy (non-hydrogen) atoms. The van der Waals surface area contributed by atoms with Crippen LogP contribution in [0.25, 0.3) is 10.9 Å². The van der Waals surface area contributed by atoms with Gasteiger partial charge >= 0.3 is 0 Å². The lowest BCUT2D eigenvalue weighted by molar-refractivity contribution is -0.123. The number of ether oxygens (including phenoxy) is 3. The minimum absolute atomic E-state index is 0.385. The molecule has 4 aromatic rings. The fraction of sp³-hybridized carbons (Fsp3) is 0.115. The Labute approximate surface area is 200 Å². The first-order chi connectivity index (χ1) is 17.0. The molecule has 0 unspecified atom stereocenters. The molecule has 0 bridgehead atoms. The average molecular weight is 475 g/mol. The summed E-state index contributed by atoms with van der Waals surface area (Å²) in [6.07, 6.45) is 1.23. The summed E-state index contributed by atoms with van der Waals surface area (Å²) in [5.41, 5.74) is 1.51. The van der Waals surface area contributed by atoms with Crippen molar-refractivity contribution in [3.05, 3.63) is 78.7 Å². The number of anilines is 2. The Balaban J connectivity index is 1.39. The minimum Gasteiger partial charge on any atom is -0.493 e. The molecule has 1 heterocycles. The van der Waals surface area contributed by atoms with Crippen molar-refractivity contribution in [1.82, 2.24) is 4.98 Å². The number of carbonyl (C=O) groups is 2. The number of halogens is 1. The zero-order valence-corrected chi connectivity index (χ0v) is 19.0. The van der Waals surface area contributed by atoms with Gasteiger partial charge in [0.05, 0.1) is 14.2 Å². The van der Waals surface area contributed by atoms with Gasteiger partial charge in [0, 0.05) is 23.0 Å². The predicted octanol–water partition coefficient (Wildman–Crippen LogP) is 5.15. The molecule has 0 spiro atoms. The second-order valence-corrected chi connectivity index (χ2v) is 7.41. The van der Waals surface area contributed by atoms with E-state index in [-0.39, 0.29) is 6.42 Å². The van der Waals surface area contributed by atoms with Crippen LogP contribution in [0.1, 0.15) is 6.42 Å². The Morgan fingerprint density at radius 1 is 0.800 bits per heavy atom. The van der Waals surface area contributed by atoms with Crippen LogP contribution in [0.15, 0.2) is 72.9 Å². The lowest BCUT2D eigenvalue weighted by Gasteiger charge is -2.13. The highest BCUT2D eigenvalue weighted by molar-refractivity contribution is 6.08. The molecule has 0 radical (unpaired) electrons. The molecule has 0 fully saturated rings. The molecule has 0 atom stereocenters. The van der Waals surface area contributed by atoms with E-state index in [2.05, 4.69) is 15.6 Å². The van der Waals surface area contributed by atoms with Crippen molar-refractivity contribution >= 4 is 34.1 Å². The van der Waals surface area contributed by atoms with Gasteiger partial charge in [0.1, 0.15) is 29.3 Å². The molecular weight excluding hydrogens is 453 g/mol. The van der Waals surface area contributed by atoms with Crippen molar-refractivity contribution in [2.75, 3.05) is 24.9 Å². The molecule has 2 amide bonds. The third-order valence-corrected chi connectivity index (χ3v) is 5.03. The van der Waals surface area contributed by atoms with Crippen molar-refractivity contribution in [2.24, 2.45) is 0 Å². The van der Waals surface area contributed by atoms with E-state index in [0.717, 1.165) is 5.39 Å². The van der Waals surface area contributed by atoms with Gasteiger partial charge in [-0.25, -0.2) is 4.39 Å². The molecule has 0 saturated carbocycles. The summed E-state index contributed by atoms with van der Waals surface area (Å²) in [6, 6.07) is 17.4. The van der Waals surface area contributed by atoms with Gasteiger partial charge in [-0.2, -0.15) is 0 Å². The van der Waals surface area contributed by atoms with Crippen molar-refractivity contribution in [3.8, 4) is 23.0 Å². The Hall–Kier alpha value is -4.66.